The quantitative estimate of drug-likeness (QED) is 0.909. The molecule has 0 bridgehead atoms. The Bertz CT molecular complexity index is 456. The van der Waals surface area contributed by atoms with Crippen molar-refractivity contribution in [3.63, 3.8) is 0 Å². The zero-order valence-corrected chi connectivity index (χ0v) is 12.6. The van der Waals surface area contributed by atoms with Crippen molar-refractivity contribution in [1.82, 2.24) is 19.8 Å². The number of aromatic nitrogens is 2. The first-order chi connectivity index (χ1) is 10.3. The van der Waals surface area contributed by atoms with Gasteiger partial charge in [0, 0.05) is 38.6 Å². The second kappa shape index (κ2) is 6.58. The molecule has 6 nitrogen and oxygen atoms in total. The number of carbonyl (C=O) groups is 1. The van der Waals surface area contributed by atoms with Crippen LogP contribution in [0.1, 0.15) is 38.1 Å². The van der Waals surface area contributed by atoms with Gasteiger partial charge in [0.2, 0.25) is 0 Å². The van der Waals surface area contributed by atoms with Gasteiger partial charge in [-0.1, -0.05) is 6.92 Å². The van der Waals surface area contributed by atoms with Crippen LogP contribution in [0.25, 0.3) is 0 Å². The molecule has 1 amide bonds. The van der Waals surface area contributed by atoms with E-state index in [4.69, 9.17) is 4.74 Å². The fourth-order valence-electron chi connectivity index (χ4n) is 3.26. The van der Waals surface area contributed by atoms with Crippen LogP contribution in [0.5, 0.6) is 0 Å². The van der Waals surface area contributed by atoms with Gasteiger partial charge in [-0.05, 0) is 25.8 Å². The Kier molecular flexibility index (Phi) is 4.55. The summed E-state index contributed by atoms with van der Waals surface area (Å²) in [6.45, 7) is 6.20. The molecule has 2 atom stereocenters. The number of likely N-dealkylation sites (N-methyl/N-ethyl adjacent to an activating group) is 1. The SMILES string of the molecule is CCN1CCN(C(=O)[C@@H]2CCCCO2)C[C@H]1c1ncc[nH]1. The van der Waals surface area contributed by atoms with E-state index in [2.05, 4.69) is 21.8 Å². The van der Waals surface area contributed by atoms with Crippen molar-refractivity contribution in [3.8, 4) is 0 Å². The van der Waals surface area contributed by atoms with Crippen LogP contribution >= 0.6 is 0 Å². The molecule has 2 fully saturated rings. The number of H-pyrrole nitrogens is 1. The second-order valence-electron chi connectivity index (χ2n) is 5.76. The van der Waals surface area contributed by atoms with Crippen molar-refractivity contribution in [2.75, 3.05) is 32.8 Å². The third-order valence-corrected chi connectivity index (χ3v) is 4.50. The Hall–Kier alpha value is -1.40. The molecule has 2 saturated heterocycles. The largest absolute Gasteiger partial charge is 0.368 e. The number of imidazole rings is 1. The van der Waals surface area contributed by atoms with E-state index in [0.717, 1.165) is 44.7 Å². The molecule has 1 aromatic heterocycles. The predicted molar refractivity (Wildman–Crippen MR) is 78.7 cm³/mol. The highest BCUT2D eigenvalue weighted by atomic mass is 16.5. The summed E-state index contributed by atoms with van der Waals surface area (Å²) < 4.78 is 5.64. The fourth-order valence-corrected chi connectivity index (χ4v) is 3.26. The normalized spacial score (nSPS) is 27.8. The van der Waals surface area contributed by atoms with E-state index in [1.54, 1.807) is 6.20 Å². The van der Waals surface area contributed by atoms with Gasteiger partial charge in [-0.2, -0.15) is 0 Å². The van der Waals surface area contributed by atoms with Crippen molar-refractivity contribution in [1.29, 1.82) is 0 Å². The van der Waals surface area contributed by atoms with E-state index in [1.165, 1.54) is 0 Å². The Labute approximate surface area is 125 Å². The molecule has 2 aliphatic rings. The van der Waals surface area contributed by atoms with Crippen molar-refractivity contribution in [3.05, 3.63) is 18.2 Å². The molecule has 2 aliphatic heterocycles. The summed E-state index contributed by atoms with van der Waals surface area (Å²) in [5.74, 6) is 1.10. The number of ether oxygens (including phenoxy) is 1. The Morgan fingerprint density at radius 1 is 1.48 bits per heavy atom. The number of aromatic amines is 1. The van der Waals surface area contributed by atoms with Crippen molar-refractivity contribution >= 4 is 5.91 Å². The monoisotopic (exact) mass is 292 g/mol. The van der Waals surface area contributed by atoms with E-state index in [1.807, 2.05) is 11.1 Å². The number of nitrogens with zero attached hydrogens (tertiary/aromatic N) is 3. The fraction of sp³-hybridized carbons (Fsp3) is 0.733. The second-order valence-corrected chi connectivity index (χ2v) is 5.76. The molecule has 0 aromatic carbocycles. The first-order valence-electron chi connectivity index (χ1n) is 7.93. The van der Waals surface area contributed by atoms with Crippen LogP contribution in [0.3, 0.4) is 0 Å². The minimum absolute atomic E-state index is 0.155. The van der Waals surface area contributed by atoms with Gasteiger partial charge >= 0.3 is 0 Å². The number of rotatable bonds is 3. The average Bonchev–Trinajstić information content (AvgIpc) is 3.08. The lowest BCUT2D eigenvalue weighted by molar-refractivity contribution is -0.149. The molecule has 1 aromatic rings. The molecule has 3 heterocycles. The zero-order valence-electron chi connectivity index (χ0n) is 12.6. The molecular formula is C15H24N4O2. The summed E-state index contributed by atoms with van der Waals surface area (Å²) in [5.41, 5.74) is 0. The summed E-state index contributed by atoms with van der Waals surface area (Å²) in [4.78, 5) is 24.5. The molecule has 1 N–H and O–H groups in total. The molecule has 0 saturated carbocycles. The van der Waals surface area contributed by atoms with Crippen molar-refractivity contribution in [2.45, 2.75) is 38.3 Å². The van der Waals surface area contributed by atoms with Gasteiger partial charge in [-0.25, -0.2) is 4.98 Å². The molecule has 6 heteroatoms. The van der Waals surface area contributed by atoms with Crippen LogP contribution in [-0.2, 0) is 9.53 Å². The lowest BCUT2D eigenvalue weighted by atomic mass is 10.1. The van der Waals surface area contributed by atoms with Crippen molar-refractivity contribution in [2.24, 2.45) is 0 Å². The Morgan fingerprint density at radius 3 is 3.05 bits per heavy atom. The summed E-state index contributed by atoms with van der Waals surface area (Å²) >= 11 is 0. The third kappa shape index (κ3) is 3.11. The molecule has 3 rings (SSSR count). The third-order valence-electron chi connectivity index (χ3n) is 4.50. The smallest absolute Gasteiger partial charge is 0.251 e. The summed E-state index contributed by atoms with van der Waals surface area (Å²) in [6, 6.07) is 0.159. The zero-order chi connectivity index (χ0) is 14.7. The number of hydrogen-bond acceptors (Lipinski definition) is 4. The van der Waals surface area contributed by atoms with Crippen LogP contribution in [0.4, 0.5) is 0 Å². The number of carbonyl (C=O) groups excluding carboxylic acids is 1. The first-order valence-corrected chi connectivity index (χ1v) is 7.93. The predicted octanol–water partition coefficient (Wildman–Crippen LogP) is 1.18. The van der Waals surface area contributed by atoms with Crippen LogP contribution in [-0.4, -0.2) is 64.6 Å². The van der Waals surface area contributed by atoms with E-state index in [9.17, 15) is 4.79 Å². The van der Waals surface area contributed by atoms with E-state index >= 15 is 0 Å². The summed E-state index contributed by atoms with van der Waals surface area (Å²) in [6.07, 6.45) is 6.40. The van der Waals surface area contributed by atoms with E-state index in [-0.39, 0.29) is 18.1 Å². The standard InChI is InChI=1S/C15H24N4O2/c1-2-18-8-9-19(11-12(18)14-16-6-7-17-14)15(20)13-5-3-4-10-21-13/h6-7,12-13H,2-5,8-11H2,1H3,(H,16,17)/t12-,13-/m0/s1. The summed E-state index contributed by atoms with van der Waals surface area (Å²) in [7, 11) is 0. The Balaban J connectivity index is 1.68. The summed E-state index contributed by atoms with van der Waals surface area (Å²) in [5, 5.41) is 0. The van der Waals surface area contributed by atoms with Gasteiger partial charge in [0.15, 0.2) is 0 Å². The average molecular weight is 292 g/mol. The van der Waals surface area contributed by atoms with Crippen LogP contribution in [0, 0.1) is 0 Å². The van der Waals surface area contributed by atoms with Gasteiger partial charge < -0.3 is 14.6 Å². The van der Waals surface area contributed by atoms with Crippen LogP contribution in [0.15, 0.2) is 12.4 Å². The maximum Gasteiger partial charge on any atom is 0.251 e. The van der Waals surface area contributed by atoms with Gasteiger partial charge in [0.1, 0.15) is 11.9 Å². The molecular weight excluding hydrogens is 268 g/mol. The highest BCUT2D eigenvalue weighted by Crippen LogP contribution is 2.24. The first kappa shape index (κ1) is 14.5. The lowest BCUT2D eigenvalue weighted by Crippen LogP contribution is -2.53. The lowest BCUT2D eigenvalue weighted by Gasteiger charge is -2.41. The number of amides is 1. The minimum atomic E-state index is -0.232. The van der Waals surface area contributed by atoms with Crippen molar-refractivity contribution < 1.29 is 9.53 Å². The van der Waals surface area contributed by atoms with Gasteiger partial charge in [0.25, 0.3) is 5.91 Å². The number of piperazine rings is 1. The topological polar surface area (TPSA) is 61.5 Å². The molecule has 0 aliphatic carbocycles. The molecule has 0 spiro atoms. The number of nitrogens with one attached hydrogen (secondary N) is 1. The van der Waals surface area contributed by atoms with E-state index in [0.29, 0.717) is 13.2 Å². The maximum absolute atomic E-state index is 12.6. The number of hydrogen-bond donors (Lipinski definition) is 1. The maximum atomic E-state index is 12.6. The minimum Gasteiger partial charge on any atom is -0.368 e. The highest BCUT2D eigenvalue weighted by molar-refractivity contribution is 5.81. The van der Waals surface area contributed by atoms with Gasteiger partial charge in [0.05, 0.1) is 6.04 Å². The van der Waals surface area contributed by atoms with Crippen LogP contribution < -0.4 is 0 Å². The molecule has 21 heavy (non-hydrogen) atoms. The van der Waals surface area contributed by atoms with Gasteiger partial charge in [-0.15, -0.1) is 0 Å². The van der Waals surface area contributed by atoms with E-state index < -0.39 is 0 Å². The Morgan fingerprint density at radius 2 is 2.38 bits per heavy atom. The van der Waals surface area contributed by atoms with Gasteiger partial charge in [-0.3, -0.25) is 9.69 Å². The molecule has 116 valence electrons. The van der Waals surface area contributed by atoms with Crippen LogP contribution in [0.2, 0.25) is 0 Å². The molecule has 0 radical (unpaired) electrons. The molecule has 0 unspecified atom stereocenters. The highest BCUT2D eigenvalue weighted by Gasteiger charge is 2.34.